The van der Waals surface area contributed by atoms with Crippen molar-refractivity contribution in [3.8, 4) is 0 Å². The van der Waals surface area contributed by atoms with Crippen molar-refractivity contribution in [3.05, 3.63) is 49.1 Å². The highest BCUT2D eigenvalue weighted by Gasteiger charge is 1.89. The second kappa shape index (κ2) is 9.01. The van der Waals surface area contributed by atoms with Gasteiger partial charge in [-0.15, -0.1) is 6.58 Å². The van der Waals surface area contributed by atoms with Crippen LogP contribution in [0, 0.1) is 0 Å². The van der Waals surface area contributed by atoms with E-state index in [0.717, 1.165) is 19.5 Å². The van der Waals surface area contributed by atoms with Gasteiger partial charge in [0.15, 0.2) is 0 Å². The lowest BCUT2D eigenvalue weighted by Gasteiger charge is -2.02. The molecule has 0 fully saturated rings. The fourth-order valence-corrected chi connectivity index (χ4v) is 0.976. The predicted octanol–water partition coefficient (Wildman–Crippen LogP) is 2.84. The van der Waals surface area contributed by atoms with Crippen molar-refractivity contribution in [2.75, 3.05) is 13.1 Å². The van der Waals surface area contributed by atoms with Gasteiger partial charge in [-0.25, -0.2) is 0 Å². The largest absolute Gasteiger partial charge is 0.312 e. The van der Waals surface area contributed by atoms with Crippen molar-refractivity contribution in [2.45, 2.75) is 13.3 Å². The summed E-state index contributed by atoms with van der Waals surface area (Å²) in [6, 6.07) is 0. The maximum Gasteiger partial charge on any atom is 0.0205 e. The van der Waals surface area contributed by atoms with Gasteiger partial charge in [-0.05, 0) is 25.5 Å². The van der Waals surface area contributed by atoms with E-state index in [1.165, 1.54) is 5.57 Å². The standard InChI is InChI=1S/C12H19N/c1-4-7-10-13-11-12(8-5-2)9-6-3/h4-6,8-9,13H,1-2,7,10-11H2,3H3/b9-6-,12-8+. The van der Waals surface area contributed by atoms with Gasteiger partial charge in [0.1, 0.15) is 0 Å². The van der Waals surface area contributed by atoms with Gasteiger partial charge in [0.05, 0.1) is 0 Å². The van der Waals surface area contributed by atoms with Crippen molar-refractivity contribution >= 4 is 0 Å². The molecule has 1 N–H and O–H groups in total. The number of rotatable bonds is 7. The summed E-state index contributed by atoms with van der Waals surface area (Å²) in [5.41, 5.74) is 1.25. The van der Waals surface area contributed by atoms with Crippen LogP contribution in [0.15, 0.2) is 49.1 Å². The second-order valence-corrected chi connectivity index (χ2v) is 2.73. The van der Waals surface area contributed by atoms with E-state index < -0.39 is 0 Å². The van der Waals surface area contributed by atoms with E-state index in [1.807, 2.05) is 31.2 Å². The molecule has 0 aliphatic rings. The Morgan fingerprint density at radius 1 is 1.38 bits per heavy atom. The molecule has 0 saturated heterocycles. The first-order valence-corrected chi connectivity index (χ1v) is 4.61. The Bertz CT molecular complexity index is 199. The van der Waals surface area contributed by atoms with Gasteiger partial charge in [-0.1, -0.05) is 37.0 Å². The topological polar surface area (TPSA) is 12.0 Å². The Balaban J connectivity index is 3.76. The summed E-state index contributed by atoms with van der Waals surface area (Å²) in [6.07, 6.45) is 10.9. The van der Waals surface area contributed by atoms with E-state index in [9.17, 15) is 0 Å². The summed E-state index contributed by atoms with van der Waals surface area (Å²) in [7, 11) is 0. The molecule has 0 aliphatic heterocycles. The molecule has 0 saturated carbocycles. The zero-order chi connectivity index (χ0) is 9.94. The quantitative estimate of drug-likeness (QED) is 0.358. The normalized spacial score (nSPS) is 11.9. The maximum atomic E-state index is 3.67. The van der Waals surface area contributed by atoms with E-state index in [-0.39, 0.29) is 0 Å². The van der Waals surface area contributed by atoms with Crippen molar-refractivity contribution in [3.63, 3.8) is 0 Å². The van der Waals surface area contributed by atoms with Crippen LogP contribution in [-0.4, -0.2) is 13.1 Å². The van der Waals surface area contributed by atoms with E-state index >= 15 is 0 Å². The lowest BCUT2D eigenvalue weighted by atomic mass is 10.2. The average molecular weight is 177 g/mol. The van der Waals surface area contributed by atoms with Crippen molar-refractivity contribution in [2.24, 2.45) is 0 Å². The fraction of sp³-hybridized carbons (Fsp3) is 0.333. The van der Waals surface area contributed by atoms with Crippen molar-refractivity contribution in [1.29, 1.82) is 0 Å². The van der Waals surface area contributed by atoms with Crippen LogP contribution in [0.2, 0.25) is 0 Å². The zero-order valence-electron chi connectivity index (χ0n) is 8.42. The minimum absolute atomic E-state index is 0.893. The summed E-state index contributed by atoms with van der Waals surface area (Å²) in [5, 5.41) is 3.32. The highest BCUT2D eigenvalue weighted by atomic mass is 14.8. The molecule has 0 aliphatic carbocycles. The minimum atomic E-state index is 0.893. The van der Waals surface area contributed by atoms with Crippen LogP contribution < -0.4 is 5.32 Å². The average Bonchev–Trinajstić information content (AvgIpc) is 2.13. The van der Waals surface area contributed by atoms with Gasteiger partial charge < -0.3 is 5.32 Å². The van der Waals surface area contributed by atoms with Crippen molar-refractivity contribution in [1.82, 2.24) is 5.32 Å². The summed E-state index contributed by atoms with van der Waals surface area (Å²) in [4.78, 5) is 0. The van der Waals surface area contributed by atoms with Crippen LogP contribution >= 0.6 is 0 Å². The molecule has 0 aromatic heterocycles. The molecule has 0 radical (unpaired) electrons. The van der Waals surface area contributed by atoms with Gasteiger partial charge >= 0.3 is 0 Å². The van der Waals surface area contributed by atoms with E-state index in [0.29, 0.717) is 0 Å². The molecule has 0 unspecified atom stereocenters. The van der Waals surface area contributed by atoms with Gasteiger partial charge in [-0.3, -0.25) is 0 Å². The first-order chi connectivity index (χ1) is 6.35. The Morgan fingerprint density at radius 2 is 2.15 bits per heavy atom. The van der Waals surface area contributed by atoms with Crippen LogP contribution in [0.25, 0.3) is 0 Å². The highest BCUT2D eigenvalue weighted by Crippen LogP contribution is 1.95. The van der Waals surface area contributed by atoms with Crippen LogP contribution in [0.1, 0.15) is 13.3 Å². The lowest BCUT2D eigenvalue weighted by molar-refractivity contribution is 0.746. The third-order valence-electron chi connectivity index (χ3n) is 1.57. The zero-order valence-corrected chi connectivity index (χ0v) is 8.42. The molecule has 0 bridgehead atoms. The lowest BCUT2D eigenvalue weighted by Crippen LogP contribution is -2.17. The summed E-state index contributed by atoms with van der Waals surface area (Å²) in [5.74, 6) is 0. The maximum absolute atomic E-state index is 3.67. The monoisotopic (exact) mass is 177 g/mol. The minimum Gasteiger partial charge on any atom is -0.312 e. The van der Waals surface area contributed by atoms with Gasteiger partial charge in [0.2, 0.25) is 0 Å². The Hall–Kier alpha value is -1.08. The third-order valence-corrected chi connectivity index (χ3v) is 1.57. The summed E-state index contributed by atoms with van der Waals surface area (Å²) in [6.45, 7) is 11.2. The van der Waals surface area contributed by atoms with Crippen LogP contribution in [0.3, 0.4) is 0 Å². The molecule has 1 heteroatoms. The SMILES string of the molecule is C=C/C=C(\C=C/C)CNCCC=C. The Kier molecular flexibility index (Phi) is 8.26. The van der Waals surface area contributed by atoms with Crippen LogP contribution in [0.5, 0.6) is 0 Å². The number of hydrogen-bond donors (Lipinski definition) is 1. The molecule has 0 spiro atoms. The number of allylic oxidation sites excluding steroid dienone is 3. The molecule has 0 heterocycles. The van der Waals surface area contributed by atoms with Crippen LogP contribution in [0.4, 0.5) is 0 Å². The highest BCUT2D eigenvalue weighted by molar-refractivity contribution is 5.23. The first kappa shape index (κ1) is 11.9. The second-order valence-electron chi connectivity index (χ2n) is 2.73. The molecular formula is C12H19N. The summed E-state index contributed by atoms with van der Waals surface area (Å²) < 4.78 is 0. The third kappa shape index (κ3) is 7.29. The van der Waals surface area contributed by atoms with E-state index in [4.69, 9.17) is 0 Å². The molecule has 0 rings (SSSR count). The smallest absolute Gasteiger partial charge is 0.0205 e. The fourth-order valence-electron chi connectivity index (χ4n) is 0.976. The molecule has 13 heavy (non-hydrogen) atoms. The molecule has 0 amide bonds. The van der Waals surface area contributed by atoms with Gasteiger partial charge in [0, 0.05) is 6.54 Å². The predicted molar refractivity (Wildman–Crippen MR) is 60.8 cm³/mol. The number of nitrogens with one attached hydrogen (secondary N) is 1. The van der Waals surface area contributed by atoms with Gasteiger partial charge in [0.25, 0.3) is 0 Å². The molecule has 1 nitrogen and oxygen atoms in total. The van der Waals surface area contributed by atoms with E-state index in [1.54, 1.807) is 0 Å². The molecule has 0 aromatic rings. The molecular weight excluding hydrogens is 158 g/mol. The van der Waals surface area contributed by atoms with Gasteiger partial charge in [-0.2, -0.15) is 0 Å². The number of hydrogen-bond acceptors (Lipinski definition) is 1. The molecule has 0 atom stereocenters. The molecule has 72 valence electrons. The van der Waals surface area contributed by atoms with Crippen LogP contribution in [-0.2, 0) is 0 Å². The first-order valence-electron chi connectivity index (χ1n) is 4.61. The summed E-state index contributed by atoms with van der Waals surface area (Å²) >= 11 is 0. The Morgan fingerprint density at radius 3 is 2.69 bits per heavy atom. The Labute approximate surface area is 81.5 Å². The van der Waals surface area contributed by atoms with E-state index in [2.05, 4.69) is 24.6 Å². The molecule has 0 aromatic carbocycles. The van der Waals surface area contributed by atoms with Crippen molar-refractivity contribution < 1.29 is 0 Å².